The van der Waals surface area contributed by atoms with Crippen LogP contribution in [0, 0.1) is 29.1 Å². The van der Waals surface area contributed by atoms with Gasteiger partial charge in [-0.3, -0.25) is 9.59 Å². The molecule has 6 rings (SSSR count). The van der Waals surface area contributed by atoms with Gasteiger partial charge in [0, 0.05) is 38.0 Å². The standard InChI is InChI=1S/C29H37NO3/c1-28-17-24(18-4-7-20(8-5-18)30(2)3)27-22-11-9-21(31)16-19(22)6-10-23(27)25(28)12-14-29(28)15-13-26(32)33-29/h4-5,7-8,16,22-25,27H,6,9-15,17H2,1-3H3/t22-,23-,24+,25-,27+,28-,29+/m0/s1. The molecule has 1 aromatic carbocycles. The summed E-state index contributed by atoms with van der Waals surface area (Å²) in [6.45, 7) is 2.45. The number of hydrogen-bond donors (Lipinski definition) is 0. The summed E-state index contributed by atoms with van der Waals surface area (Å²) in [5.74, 6) is 3.17. The average molecular weight is 448 g/mol. The molecule has 1 aliphatic heterocycles. The second-order valence-corrected chi connectivity index (χ2v) is 11.9. The van der Waals surface area contributed by atoms with Crippen LogP contribution < -0.4 is 4.90 Å². The number of carbonyl (C=O) groups is 2. The maximum atomic E-state index is 12.3. The van der Waals surface area contributed by atoms with E-state index in [0.717, 1.165) is 32.1 Å². The maximum Gasteiger partial charge on any atom is 0.306 e. The average Bonchev–Trinajstić information content (AvgIpc) is 3.32. The lowest BCUT2D eigenvalue weighted by Crippen LogP contribution is -2.55. The summed E-state index contributed by atoms with van der Waals surface area (Å²) < 4.78 is 6.22. The Hall–Kier alpha value is -2.10. The molecular weight excluding hydrogens is 410 g/mol. The van der Waals surface area contributed by atoms with Crippen LogP contribution in [0.1, 0.15) is 76.2 Å². The molecule has 0 amide bonds. The summed E-state index contributed by atoms with van der Waals surface area (Å²) in [5.41, 5.74) is 3.85. The Morgan fingerprint density at radius 2 is 1.73 bits per heavy atom. The van der Waals surface area contributed by atoms with Crippen molar-refractivity contribution < 1.29 is 14.3 Å². The van der Waals surface area contributed by atoms with Gasteiger partial charge >= 0.3 is 5.97 Å². The summed E-state index contributed by atoms with van der Waals surface area (Å²) in [6.07, 6.45) is 10.7. The SMILES string of the molecule is CN(C)c1ccc([C@H]2C[C@@]3(C)[C@@H](CC[C@@]34CCC(=O)O4)[C@@H]3CCC4=CC(=O)CC[C@@H]4[C@H]32)cc1. The van der Waals surface area contributed by atoms with E-state index in [-0.39, 0.29) is 17.0 Å². The Bertz CT molecular complexity index is 1010. The molecule has 4 heteroatoms. The summed E-state index contributed by atoms with van der Waals surface area (Å²) in [7, 11) is 4.18. The molecule has 0 radical (unpaired) electrons. The fourth-order valence-corrected chi connectivity index (χ4v) is 8.95. The molecule has 0 unspecified atom stereocenters. The molecule has 1 saturated heterocycles. The molecular formula is C29H37NO3. The fraction of sp³-hybridized carbons (Fsp3) is 0.655. The van der Waals surface area contributed by atoms with Gasteiger partial charge in [0.15, 0.2) is 5.78 Å². The zero-order chi connectivity index (χ0) is 23.0. The molecule has 0 N–H and O–H groups in total. The van der Waals surface area contributed by atoms with Gasteiger partial charge in [0.05, 0.1) is 0 Å². The van der Waals surface area contributed by atoms with Gasteiger partial charge < -0.3 is 9.64 Å². The smallest absolute Gasteiger partial charge is 0.306 e. The van der Waals surface area contributed by atoms with E-state index in [1.54, 1.807) is 0 Å². The van der Waals surface area contributed by atoms with Crippen LogP contribution in [-0.4, -0.2) is 31.4 Å². The van der Waals surface area contributed by atoms with Gasteiger partial charge in [-0.15, -0.1) is 0 Å². The van der Waals surface area contributed by atoms with Gasteiger partial charge in [0.1, 0.15) is 5.60 Å². The van der Waals surface area contributed by atoms with E-state index in [9.17, 15) is 9.59 Å². The number of esters is 1. The molecule has 33 heavy (non-hydrogen) atoms. The van der Waals surface area contributed by atoms with Crippen LogP contribution in [0.5, 0.6) is 0 Å². The van der Waals surface area contributed by atoms with Crippen LogP contribution >= 0.6 is 0 Å². The van der Waals surface area contributed by atoms with Crippen LogP contribution in [0.25, 0.3) is 0 Å². The minimum absolute atomic E-state index is 0.00513. The Balaban J connectivity index is 1.44. The molecule has 4 aliphatic carbocycles. The second-order valence-electron chi connectivity index (χ2n) is 11.9. The number of hydrogen-bond acceptors (Lipinski definition) is 4. The lowest BCUT2D eigenvalue weighted by molar-refractivity contribution is -0.168. The van der Waals surface area contributed by atoms with Crippen molar-refractivity contribution in [2.45, 2.75) is 76.2 Å². The highest BCUT2D eigenvalue weighted by Crippen LogP contribution is 2.70. The van der Waals surface area contributed by atoms with E-state index >= 15 is 0 Å². The molecule has 4 nitrogen and oxygen atoms in total. The third kappa shape index (κ3) is 3.08. The van der Waals surface area contributed by atoms with Gasteiger partial charge in [-0.25, -0.2) is 0 Å². The molecule has 4 fully saturated rings. The normalized spacial score (nSPS) is 41.8. The molecule has 1 heterocycles. The number of ketones is 1. The highest BCUT2D eigenvalue weighted by molar-refractivity contribution is 5.91. The first-order valence-electron chi connectivity index (χ1n) is 13.0. The van der Waals surface area contributed by atoms with Crippen molar-refractivity contribution in [1.82, 2.24) is 0 Å². The first kappa shape index (κ1) is 21.4. The largest absolute Gasteiger partial charge is 0.458 e. The number of ether oxygens (including phenoxy) is 1. The van der Waals surface area contributed by atoms with E-state index < -0.39 is 0 Å². The molecule has 176 valence electrons. The third-order valence-corrected chi connectivity index (χ3v) is 10.5. The van der Waals surface area contributed by atoms with Crippen molar-refractivity contribution in [1.29, 1.82) is 0 Å². The van der Waals surface area contributed by atoms with Crippen molar-refractivity contribution in [2.24, 2.45) is 29.1 Å². The van der Waals surface area contributed by atoms with Gasteiger partial charge in [-0.2, -0.15) is 0 Å². The first-order chi connectivity index (χ1) is 15.8. The van der Waals surface area contributed by atoms with Crippen molar-refractivity contribution in [3.63, 3.8) is 0 Å². The first-order valence-corrected chi connectivity index (χ1v) is 13.0. The highest BCUT2D eigenvalue weighted by Gasteiger charge is 2.67. The minimum atomic E-state index is -0.264. The second kappa shape index (κ2) is 7.45. The van der Waals surface area contributed by atoms with Crippen molar-refractivity contribution in [2.75, 3.05) is 19.0 Å². The molecule has 1 aromatic rings. The summed E-state index contributed by atoms with van der Waals surface area (Å²) in [5, 5.41) is 0. The van der Waals surface area contributed by atoms with Crippen LogP contribution in [0.3, 0.4) is 0 Å². The predicted molar refractivity (Wildman–Crippen MR) is 129 cm³/mol. The number of benzene rings is 1. The molecule has 1 spiro atoms. The van der Waals surface area contributed by atoms with Crippen LogP contribution in [0.4, 0.5) is 5.69 Å². The van der Waals surface area contributed by atoms with E-state index in [1.807, 2.05) is 6.08 Å². The quantitative estimate of drug-likeness (QED) is 0.549. The van der Waals surface area contributed by atoms with Gasteiger partial charge in [-0.05, 0) is 98.3 Å². The fourth-order valence-electron chi connectivity index (χ4n) is 8.95. The maximum absolute atomic E-state index is 12.3. The van der Waals surface area contributed by atoms with E-state index in [1.165, 1.54) is 29.7 Å². The number of rotatable bonds is 2. The lowest BCUT2D eigenvalue weighted by Gasteiger charge is -2.58. The van der Waals surface area contributed by atoms with E-state index in [4.69, 9.17) is 4.74 Å². The number of fused-ring (bicyclic) bond motifs is 6. The topological polar surface area (TPSA) is 46.6 Å². The molecule has 0 aromatic heterocycles. The van der Waals surface area contributed by atoms with Crippen molar-refractivity contribution in [3.8, 4) is 0 Å². The molecule has 0 bridgehead atoms. The van der Waals surface area contributed by atoms with E-state index in [0.29, 0.717) is 48.2 Å². The zero-order valence-electron chi connectivity index (χ0n) is 20.3. The van der Waals surface area contributed by atoms with Crippen molar-refractivity contribution >= 4 is 17.4 Å². The number of allylic oxidation sites excluding steroid dienone is 1. The number of carbonyl (C=O) groups excluding carboxylic acids is 2. The zero-order valence-corrected chi connectivity index (χ0v) is 20.3. The number of anilines is 1. The van der Waals surface area contributed by atoms with Crippen LogP contribution in [-0.2, 0) is 14.3 Å². The molecule has 5 aliphatic rings. The highest BCUT2D eigenvalue weighted by atomic mass is 16.6. The Kier molecular flexibility index (Phi) is 4.84. The monoisotopic (exact) mass is 447 g/mol. The van der Waals surface area contributed by atoms with Gasteiger partial charge in [0.25, 0.3) is 0 Å². The number of nitrogens with zero attached hydrogens (tertiary/aromatic N) is 1. The minimum Gasteiger partial charge on any atom is -0.458 e. The lowest BCUT2D eigenvalue weighted by atomic mass is 9.46. The third-order valence-electron chi connectivity index (χ3n) is 10.5. The van der Waals surface area contributed by atoms with Crippen LogP contribution in [0.15, 0.2) is 35.9 Å². The Morgan fingerprint density at radius 3 is 2.42 bits per heavy atom. The Labute approximate surface area is 197 Å². The van der Waals surface area contributed by atoms with Crippen molar-refractivity contribution in [3.05, 3.63) is 41.5 Å². The molecule has 7 atom stereocenters. The van der Waals surface area contributed by atoms with Gasteiger partial charge in [-0.1, -0.05) is 24.6 Å². The Morgan fingerprint density at radius 1 is 0.939 bits per heavy atom. The molecule has 3 saturated carbocycles. The summed E-state index contributed by atoms with van der Waals surface area (Å²) in [4.78, 5) is 26.7. The van der Waals surface area contributed by atoms with Crippen LogP contribution in [0.2, 0.25) is 0 Å². The summed E-state index contributed by atoms with van der Waals surface area (Å²) >= 11 is 0. The predicted octanol–water partition coefficient (Wildman–Crippen LogP) is 5.66. The van der Waals surface area contributed by atoms with E-state index in [2.05, 4.69) is 50.2 Å². The van der Waals surface area contributed by atoms with Gasteiger partial charge in [0.2, 0.25) is 0 Å². The summed E-state index contributed by atoms with van der Waals surface area (Å²) in [6, 6.07) is 9.19.